The predicted octanol–water partition coefficient (Wildman–Crippen LogP) is 4.14. The Bertz CT molecular complexity index is 788. The van der Waals surface area contributed by atoms with Crippen molar-refractivity contribution in [3.8, 4) is 5.75 Å². The summed E-state index contributed by atoms with van der Waals surface area (Å²) >= 11 is 7.64. The molecule has 0 N–H and O–H groups in total. The van der Waals surface area contributed by atoms with E-state index in [2.05, 4.69) is 23.2 Å². The lowest BCUT2D eigenvalue weighted by Crippen LogP contribution is -2.47. The molecule has 1 aromatic heterocycles. The molecule has 1 aliphatic rings. The zero-order valence-corrected chi connectivity index (χ0v) is 17.1. The van der Waals surface area contributed by atoms with Gasteiger partial charge in [0, 0.05) is 24.9 Å². The molecule has 0 spiro atoms. The molecule has 5 nitrogen and oxygen atoms in total. The molecule has 1 unspecified atom stereocenters. The molecule has 3 rings (SSSR count). The van der Waals surface area contributed by atoms with Crippen molar-refractivity contribution in [3.63, 3.8) is 0 Å². The molecule has 1 aliphatic heterocycles. The Balaban J connectivity index is 1.38. The number of aromatic nitrogens is 1. The number of benzene rings is 1. The molecule has 1 fully saturated rings. The van der Waals surface area contributed by atoms with E-state index < -0.39 is 0 Å². The number of carbonyl (C=O) groups is 1. The first-order valence-corrected chi connectivity index (χ1v) is 10.6. The van der Waals surface area contributed by atoms with Gasteiger partial charge in [0.2, 0.25) is 5.91 Å². The van der Waals surface area contributed by atoms with Crippen molar-refractivity contribution in [1.82, 2.24) is 9.88 Å². The normalized spacial score (nSPS) is 17.0. The number of thioether (sulfide) groups is 1. The fourth-order valence-electron chi connectivity index (χ4n) is 2.77. The Morgan fingerprint density at radius 1 is 1.32 bits per heavy atom. The van der Waals surface area contributed by atoms with E-state index in [0.29, 0.717) is 43.6 Å². The van der Waals surface area contributed by atoms with Crippen molar-refractivity contribution >= 4 is 35.3 Å². The monoisotopic (exact) mass is 418 g/mol. The summed E-state index contributed by atoms with van der Waals surface area (Å²) in [6, 6.07) is 13.6. The molecule has 1 aromatic carbocycles. The highest BCUT2D eigenvalue weighted by molar-refractivity contribution is 8.02. The lowest BCUT2D eigenvalue weighted by Gasteiger charge is -2.32. The minimum absolute atomic E-state index is 0.147. The number of hydrogen-bond acceptors (Lipinski definition) is 5. The molecule has 1 atom stereocenters. The van der Waals surface area contributed by atoms with Gasteiger partial charge >= 0.3 is 0 Å². The average Bonchev–Trinajstić information content (AvgIpc) is 2.74. The topological polar surface area (TPSA) is 51.7 Å². The molecule has 1 amide bonds. The van der Waals surface area contributed by atoms with Crippen molar-refractivity contribution in [1.29, 1.82) is 0 Å². The molecule has 0 radical (unpaired) electrons. The number of carbonyl (C=O) groups excluding carboxylic acids is 1. The second kappa shape index (κ2) is 11.1. The Kier molecular flexibility index (Phi) is 8.21. The van der Waals surface area contributed by atoms with E-state index in [1.54, 1.807) is 30.1 Å². The molecule has 0 aliphatic carbocycles. The summed E-state index contributed by atoms with van der Waals surface area (Å²) < 4.78 is 11.4. The van der Waals surface area contributed by atoms with E-state index in [1.165, 1.54) is 0 Å². The lowest BCUT2D eigenvalue weighted by molar-refractivity contribution is -0.139. The average molecular weight is 419 g/mol. The van der Waals surface area contributed by atoms with Crippen LogP contribution in [0.3, 0.4) is 0 Å². The Labute approximate surface area is 174 Å². The van der Waals surface area contributed by atoms with Crippen LogP contribution in [-0.2, 0) is 9.53 Å². The summed E-state index contributed by atoms with van der Waals surface area (Å²) in [5.74, 6) is 1.43. The lowest BCUT2D eigenvalue weighted by atomic mass is 10.2. The van der Waals surface area contributed by atoms with Gasteiger partial charge in [0.1, 0.15) is 12.7 Å². The summed E-state index contributed by atoms with van der Waals surface area (Å²) in [5, 5.41) is 2.36. The van der Waals surface area contributed by atoms with Crippen molar-refractivity contribution in [2.45, 2.75) is 12.5 Å². The number of pyridine rings is 1. The van der Waals surface area contributed by atoms with E-state index in [4.69, 9.17) is 21.1 Å². The Morgan fingerprint density at radius 3 is 3.00 bits per heavy atom. The van der Waals surface area contributed by atoms with Gasteiger partial charge in [-0.15, -0.1) is 11.8 Å². The quantitative estimate of drug-likeness (QED) is 0.476. The van der Waals surface area contributed by atoms with Gasteiger partial charge in [-0.25, -0.2) is 4.98 Å². The van der Waals surface area contributed by atoms with Crippen LogP contribution in [0.2, 0.25) is 5.15 Å². The zero-order valence-electron chi connectivity index (χ0n) is 15.5. The summed E-state index contributed by atoms with van der Waals surface area (Å²) in [5.41, 5.74) is 1.16. The number of nitrogens with zero attached hydrogens (tertiary/aromatic N) is 2. The first kappa shape index (κ1) is 20.7. The zero-order chi connectivity index (χ0) is 19.6. The van der Waals surface area contributed by atoms with Gasteiger partial charge in [0.15, 0.2) is 10.9 Å². The van der Waals surface area contributed by atoms with Crippen LogP contribution in [0.4, 0.5) is 0 Å². The van der Waals surface area contributed by atoms with Gasteiger partial charge in [-0.3, -0.25) is 4.79 Å². The highest BCUT2D eigenvalue weighted by atomic mass is 35.5. The maximum absolute atomic E-state index is 12.5. The molecule has 28 heavy (non-hydrogen) atoms. The highest BCUT2D eigenvalue weighted by Crippen LogP contribution is 2.21. The molecule has 0 saturated carbocycles. The first-order valence-electron chi connectivity index (χ1n) is 9.18. The largest absolute Gasteiger partial charge is 0.488 e. The number of ether oxygens (including phenoxy) is 2. The minimum Gasteiger partial charge on any atom is -0.488 e. The number of halogens is 1. The van der Waals surface area contributed by atoms with Gasteiger partial charge < -0.3 is 14.4 Å². The third kappa shape index (κ3) is 6.55. The van der Waals surface area contributed by atoms with E-state index in [-0.39, 0.29) is 12.0 Å². The summed E-state index contributed by atoms with van der Waals surface area (Å²) in [7, 11) is 0. The van der Waals surface area contributed by atoms with Crippen LogP contribution in [0, 0.1) is 0 Å². The standard InChI is InChI=1S/C21H23ClN2O3S/c22-21-19(7-4-10-23-21)27-16-18-15-24(11-12-26-18)20(25)9-14-28-13-8-17-5-2-1-3-6-17/h1-8,10,13,18H,9,11-12,14-16H2. The van der Waals surface area contributed by atoms with Crippen LogP contribution in [-0.4, -0.2) is 54.0 Å². The molecule has 0 bridgehead atoms. The van der Waals surface area contributed by atoms with Gasteiger partial charge in [-0.05, 0) is 29.2 Å². The van der Waals surface area contributed by atoms with Crippen LogP contribution in [0.15, 0.2) is 54.1 Å². The number of amides is 1. The van der Waals surface area contributed by atoms with Crippen LogP contribution in [0.1, 0.15) is 12.0 Å². The third-order valence-corrected chi connectivity index (χ3v) is 5.28. The summed E-state index contributed by atoms with van der Waals surface area (Å²) in [6.07, 6.45) is 4.01. The van der Waals surface area contributed by atoms with E-state index in [9.17, 15) is 4.79 Å². The summed E-state index contributed by atoms with van der Waals surface area (Å²) in [4.78, 5) is 18.3. The van der Waals surface area contributed by atoms with Crippen molar-refractivity contribution in [2.75, 3.05) is 32.1 Å². The molecule has 2 heterocycles. The van der Waals surface area contributed by atoms with Crippen LogP contribution < -0.4 is 4.74 Å². The number of morpholine rings is 1. The SMILES string of the molecule is O=C(CCSC=Cc1ccccc1)N1CCOC(COc2cccnc2Cl)C1. The fourth-order valence-corrected chi connectivity index (χ4v) is 3.63. The summed E-state index contributed by atoms with van der Waals surface area (Å²) in [6.45, 7) is 2.00. The highest BCUT2D eigenvalue weighted by Gasteiger charge is 2.24. The number of hydrogen-bond donors (Lipinski definition) is 0. The van der Waals surface area contributed by atoms with Crippen LogP contribution >= 0.6 is 23.4 Å². The smallest absolute Gasteiger partial charge is 0.223 e. The third-order valence-electron chi connectivity index (χ3n) is 4.23. The van der Waals surface area contributed by atoms with Gasteiger partial charge in [0.05, 0.1) is 13.2 Å². The maximum Gasteiger partial charge on any atom is 0.223 e. The fraction of sp³-hybridized carbons (Fsp3) is 0.333. The number of rotatable bonds is 8. The van der Waals surface area contributed by atoms with Gasteiger partial charge in [-0.2, -0.15) is 0 Å². The van der Waals surface area contributed by atoms with Crippen molar-refractivity contribution < 1.29 is 14.3 Å². The first-order chi connectivity index (χ1) is 13.7. The molecular weight excluding hydrogens is 396 g/mol. The van der Waals surface area contributed by atoms with Crippen LogP contribution in [0.5, 0.6) is 5.75 Å². The predicted molar refractivity (Wildman–Crippen MR) is 114 cm³/mol. The second-order valence-electron chi connectivity index (χ2n) is 6.27. The van der Waals surface area contributed by atoms with Gasteiger partial charge in [-0.1, -0.05) is 41.9 Å². The van der Waals surface area contributed by atoms with E-state index >= 15 is 0 Å². The van der Waals surface area contributed by atoms with Crippen molar-refractivity contribution in [2.24, 2.45) is 0 Å². The van der Waals surface area contributed by atoms with E-state index in [1.807, 2.05) is 28.5 Å². The molecule has 1 saturated heterocycles. The van der Waals surface area contributed by atoms with E-state index in [0.717, 1.165) is 11.3 Å². The minimum atomic E-state index is -0.167. The maximum atomic E-state index is 12.5. The van der Waals surface area contributed by atoms with Crippen molar-refractivity contribution in [3.05, 3.63) is 64.8 Å². The Morgan fingerprint density at radius 2 is 2.18 bits per heavy atom. The van der Waals surface area contributed by atoms with Crippen LogP contribution in [0.25, 0.3) is 6.08 Å². The molecule has 2 aromatic rings. The molecule has 7 heteroatoms. The second-order valence-corrected chi connectivity index (χ2v) is 7.64. The molecule has 148 valence electrons. The molecular formula is C21H23ClN2O3S. The Hall–Kier alpha value is -2.02. The van der Waals surface area contributed by atoms with Gasteiger partial charge in [0.25, 0.3) is 0 Å².